The topological polar surface area (TPSA) is 69.0 Å². The summed E-state index contributed by atoms with van der Waals surface area (Å²) < 4.78 is 33.9. The van der Waals surface area contributed by atoms with Gasteiger partial charge in [-0.1, -0.05) is 0 Å². The summed E-state index contributed by atoms with van der Waals surface area (Å²) in [7, 11) is 0. The van der Waals surface area contributed by atoms with Gasteiger partial charge in [-0.25, -0.2) is 18.4 Å². The molecule has 6 nitrogen and oxygen atoms in total. The van der Waals surface area contributed by atoms with Crippen LogP contribution in [0.2, 0.25) is 0 Å². The van der Waals surface area contributed by atoms with Gasteiger partial charge in [-0.3, -0.25) is 4.79 Å². The predicted molar refractivity (Wildman–Crippen MR) is 97.4 cm³/mol. The van der Waals surface area contributed by atoms with Crippen molar-refractivity contribution >= 4 is 5.91 Å². The van der Waals surface area contributed by atoms with Crippen molar-refractivity contribution in [2.24, 2.45) is 0 Å². The highest BCUT2D eigenvalue weighted by Gasteiger charge is 2.24. The van der Waals surface area contributed by atoms with Crippen molar-refractivity contribution in [1.82, 2.24) is 20.1 Å². The fraction of sp³-hybridized carbons (Fsp3) is 0.250. The molecule has 1 aliphatic rings. The van der Waals surface area contributed by atoms with Gasteiger partial charge in [0.2, 0.25) is 5.82 Å². The van der Waals surface area contributed by atoms with Gasteiger partial charge in [0.15, 0.2) is 0 Å². The van der Waals surface area contributed by atoms with Crippen LogP contribution < -0.4 is 10.1 Å². The quantitative estimate of drug-likeness (QED) is 0.751. The number of rotatable bonds is 3. The number of benzene rings is 2. The van der Waals surface area contributed by atoms with Crippen LogP contribution in [0, 0.1) is 18.6 Å². The largest absolute Gasteiger partial charge is 0.493 e. The maximum Gasteiger partial charge on any atom is 0.291 e. The average molecular weight is 384 g/mol. The molecule has 0 fully saturated rings. The van der Waals surface area contributed by atoms with Crippen molar-refractivity contribution in [2.45, 2.75) is 25.8 Å². The van der Waals surface area contributed by atoms with Gasteiger partial charge >= 0.3 is 0 Å². The van der Waals surface area contributed by atoms with Crippen molar-refractivity contribution < 1.29 is 18.3 Å². The molecule has 4 rings (SSSR count). The normalized spacial score (nSPS) is 16.0. The van der Waals surface area contributed by atoms with E-state index in [-0.39, 0.29) is 11.6 Å². The lowest BCUT2D eigenvalue weighted by Gasteiger charge is -2.17. The minimum atomic E-state index is -0.467. The molecule has 0 spiro atoms. The summed E-state index contributed by atoms with van der Waals surface area (Å²) in [5.41, 5.74) is 1.20. The van der Waals surface area contributed by atoms with E-state index in [1.165, 1.54) is 28.9 Å². The molecule has 0 saturated carbocycles. The molecule has 0 saturated heterocycles. The third-order valence-corrected chi connectivity index (χ3v) is 4.59. The Morgan fingerprint density at radius 2 is 1.93 bits per heavy atom. The maximum atomic E-state index is 13.7. The summed E-state index contributed by atoms with van der Waals surface area (Å²) in [6.07, 6.45) is 1.33. The SMILES string of the molecule is Cc1nc(C(=O)N[C@H]2CCCOc3ccc(F)cc32)nn1-c1ccc(F)cc1. The number of aryl methyl sites for hydroxylation is 1. The van der Waals surface area contributed by atoms with Crippen LogP contribution in [-0.4, -0.2) is 27.3 Å². The zero-order valence-corrected chi connectivity index (χ0v) is 15.2. The lowest BCUT2D eigenvalue weighted by atomic mass is 10.0. The summed E-state index contributed by atoms with van der Waals surface area (Å²) in [6, 6.07) is 9.61. The zero-order chi connectivity index (χ0) is 19.7. The minimum absolute atomic E-state index is 0.00931. The first kappa shape index (κ1) is 18.1. The Bertz CT molecular complexity index is 1020. The molecule has 2 aromatic carbocycles. The van der Waals surface area contributed by atoms with Crippen LogP contribution >= 0.6 is 0 Å². The van der Waals surface area contributed by atoms with Gasteiger partial charge < -0.3 is 10.1 Å². The summed E-state index contributed by atoms with van der Waals surface area (Å²) in [5, 5.41) is 7.11. The van der Waals surface area contributed by atoms with Gasteiger partial charge in [-0.05, 0) is 62.2 Å². The number of halogens is 2. The highest BCUT2D eigenvalue weighted by atomic mass is 19.1. The number of fused-ring (bicyclic) bond motifs is 1. The summed E-state index contributed by atoms with van der Waals surface area (Å²) in [4.78, 5) is 16.9. The summed E-state index contributed by atoms with van der Waals surface area (Å²) >= 11 is 0. The molecule has 0 bridgehead atoms. The highest BCUT2D eigenvalue weighted by Crippen LogP contribution is 2.32. The lowest BCUT2D eigenvalue weighted by Crippen LogP contribution is -2.29. The van der Waals surface area contributed by atoms with Crippen LogP contribution in [-0.2, 0) is 0 Å². The first-order chi connectivity index (χ1) is 13.5. The van der Waals surface area contributed by atoms with Crippen molar-refractivity contribution in [3.05, 3.63) is 71.3 Å². The molecule has 1 amide bonds. The average Bonchev–Trinajstić information content (AvgIpc) is 2.96. The van der Waals surface area contributed by atoms with Crippen LogP contribution in [0.25, 0.3) is 5.69 Å². The van der Waals surface area contributed by atoms with E-state index in [2.05, 4.69) is 15.4 Å². The van der Waals surface area contributed by atoms with E-state index in [1.807, 2.05) is 0 Å². The molecule has 0 aliphatic carbocycles. The Labute approximate surface area is 160 Å². The van der Waals surface area contributed by atoms with E-state index in [0.29, 0.717) is 35.9 Å². The van der Waals surface area contributed by atoms with Gasteiger partial charge in [-0.2, -0.15) is 0 Å². The highest BCUT2D eigenvalue weighted by molar-refractivity contribution is 5.90. The number of amides is 1. The number of aromatic nitrogens is 3. The number of carbonyl (C=O) groups is 1. The van der Waals surface area contributed by atoms with Crippen molar-refractivity contribution in [3.8, 4) is 11.4 Å². The third kappa shape index (κ3) is 3.58. The molecule has 2 heterocycles. The van der Waals surface area contributed by atoms with Gasteiger partial charge in [0.05, 0.1) is 18.3 Å². The Morgan fingerprint density at radius 3 is 2.71 bits per heavy atom. The molecule has 0 radical (unpaired) electrons. The molecular weight excluding hydrogens is 366 g/mol. The van der Waals surface area contributed by atoms with E-state index in [9.17, 15) is 13.6 Å². The summed E-state index contributed by atoms with van der Waals surface area (Å²) in [5.74, 6) is -0.173. The number of hydrogen-bond acceptors (Lipinski definition) is 4. The van der Waals surface area contributed by atoms with Crippen molar-refractivity contribution in [3.63, 3.8) is 0 Å². The molecule has 8 heteroatoms. The zero-order valence-electron chi connectivity index (χ0n) is 15.2. The predicted octanol–water partition coefficient (Wildman–Crippen LogP) is 3.50. The Morgan fingerprint density at radius 1 is 1.18 bits per heavy atom. The molecule has 144 valence electrons. The molecular formula is C20H18F2N4O2. The second kappa shape index (κ2) is 7.38. The number of hydrogen-bond donors (Lipinski definition) is 1. The van der Waals surface area contributed by atoms with Crippen LogP contribution in [0.3, 0.4) is 0 Å². The first-order valence-electron chi connectivity index (χ1n) is 8.94. The minimum Gasteiger partial charge on any atom is -0.493 e. The molecule has 0 unspecified atom stereocenters. The Balaban J connectivity index is 1.59. The fourth-order valence-corrected chi connectivity index (χ4v) is 3.23. The maximum absolute atomic E-state index is 13.7. The lowest BCUT2D eigenvalue weighted by molar-refractivity contribution is 0.0924. The van der Waals surface area contributed by atoms with Crippen LogP contribution in [0.5, 0.6) is 5.75 Å². The first-order valence-corrected chi connectivity index (χ1v) is 8.94. The molecule has 28 heavy (non-hydrogen) atoms. The van der Waals surface area contributed by atoms with E-state index >= 15 is 0 Å². The van der Waals surface area contributed by atoms with E-state index in [1.54, 1.807) is 25.1 Å². The van der Waals surface area contributed by atoms with Gasteiger partial charge in [0.25, 0.3) is 5.91 Å². The van der Waals surface area contributed by atoms with Crippen molar-refractivity contribution in [2.75, 3.05) is 6.61 Å². The molecule has 1 aromatic heterocycles. The Hall–Kier alpha value is -3.29. The fourth-order valence-electron chi connectivity index (χ4n) is 3.23. The van der Waals surface area contributed by atoms with Gasteiger partial charge in [-0.15, -0.1) is 5.10 Å². The van der Waals surface area contributed by atoms with E-state index in [0.717, 1.165) is 6.42 Å². The second-order valence-corrected chi connectivity index (χ2v) is 6.57. The van der Waals surface area contributed by atoms with E-state index in [4.69, 9.17) is 4.74 Å². The smallest absolute Gasteiger partial charge is 0.291 e. The number of carbonyl (C=O) groups excluding carboxylic acids is 1. The molecule has 1 aliphatic heterocycles. The standard InChI is InChI=1S/C20H18F2N4O2/c1-12-23-19(25-26(12)15-7-4-13(21)5-8-15)20(27)24-17-3-2-10-28-18-9-6-14(22)11-16(17)18/h4-9,11,17H,2-3,10H2,1H3,(H,24,27)/t17-/m0/s1. The second-order valence-electron chi connectivity index (χ2n) is 6.57. The van der Waals surface area contributed by atoms with Crippen LogP contribution in [0.4, 0.5) is 8.78 Å². The van der Waals surface area contributed by atoms with Crippen molar-refractivity contribution in [1.29, 1.82) is 0 Å². The molecule has 3 aromatic rings. The Kier molecular flexibility index (Phi) is 4.77. The third-order valence-electron chi connectivity index (χ3n) is 4.59. The van der Waals surface area contributed by atoms with E-state index < -0.39 is 17.8 Å². The van der Waals surface area contributed by atoms with Gasteiger partial charge in [0, 0.05) is 5.56 Å². The number of ether oxygens (including phenoxy) is 1. The number of nitrogens with zero attached hydrogens (tertiary/aromatic N) is 3. The number of nitrogens with one attached hydrogen (secondary N) is 1. The van der Waals surface area contributed by atoms with Gasteiger partial charge in [0.1, 0.15) is 23.2 Å². The molecule has 1 N–H and O–H groups in total. The summed E-state index contributed by atoms with van der Waals surface area (Å²) in [6.45, 7) is 2.21. The molecule has 1 atom stereocenters. The van der Waals surface area contributed by atoms with Crippen LogP contribution in [0.1, 0.15) is 40.9 Å². The van der Waals surface area contributed by atoms with Crippen LogP contribution in [0.15, 0.2) is 42.5 Å². The monoisotopic (exact) mass is 384 g/mol.